The molecule has 4 rings (SSSR count). The monoisotopic (exact) mass is 545 g/mol. The molecule has 1 aromatic heterocycles. The number of carbonyl (C=O) groups excluding carboxylic acids is 3. The van der Waals surface area contributed by atoms with Crippen molar-refractivity contribution in [3.05, 3.63) is 101 Å². The van der Waals surface area contributed by atoms with Gasteiger partial charge in [-0.3, -0.25) is 19.4 Å². The topological polar surface area (TPSA) is 97.4 Å². The van der Waals surface area contributed by atoms with Crippen LogP contribution in [0.5, 0.6) is 0 Å². The molecular weight excluding hydrogens is 516 g/mol. The van der Waals surface area contributed by atoms with Crippen molar-refractivity contribution in [2.24, 2.45) is 0 Å². The van der Waals surface area contributed by atoms with Gasteiger partial charge in [-0.1, -0.05) is 36.4 Å². The van der Waals surface area contributed by atoms with Crippen molar-refractivity contribution in [3.63, 3.8) is 0 Å². The highest BCUT2D eigenvalue weighted by atomic mass is 19.2. The summed E-state index contributed by atoms with van der Waals surface area (Å²) in [6.07, 6.45) is 1.12. The number of nitrogens with one attached hydrogen (secondary N) is 2. The molecule has 0 unspecified atom stereocenters. The largest absolute Gasteiger partial charge is 0.466 e. The van der Waals surface area contributed by atoms with Crippen LogP contribution in [-0.4, -0.2) is 35.9 Å². The van der Waals surface area contributed by atoms with E-state index in [-0.39, 0.29) is 17.7 Å². The fourth-order valence-electron chi connectivity index (χ4n) is 4.69. The summed E-state index contributed by atoms with van der Waals surface area (Å²) in [4.78, 5) is 42.4. The highest BCUT2D eigenvalue weighted by molar-refractivity contribution is 6.06. The van der Waals surface area contributed by atoms with Gasteiger partial charge < -0.3 is 15.4 Å². The van der Waals surface area contributed by atoms with E-state index >= 15 is 4.39 Å². The lowest BCUT2D eigenvalue weighted by atomic mass is 9.92. The Hall–Kier alpha value is -4.66. The van der Waals surface area contributed by atoms with Crippen LogP contribution >= 0.6 is 0 Å². The SMILES string of the molecule is CCOC(=O)C[C@H](NC(=O)CNC(=O)c1cccc2cccnc12)c1cc(-c2c(C)cccc2C)cc(F)c1F. The lowest BCUT2D eigenvalue weighted by Gasteiger charge is -2.21. The molecule has 2 amide bonds. The second-order valence-corrected chi connectivity index (χ2v) is 9.32. The summed E-state index contributed by atoms with van der Waals surface area (Å²) in [6.45, 7) is 4.94. The zero-order chi connectivity index (χ0) is 28.8. The number of benzene rings is 3. The molecule has 0 aliphatic rings. The third-order valence-corrected chi connectivity index (χ3v) is 6.50. The number of nitrogens with zero attached hydrogens (tertiary/aromatic N) is 1. The third-order valence-electron chi connectivity index (χ3n) is 6.50. The average Bonchev–Trinajstić information content (AvgIpc) is 2.93. The van der Waals surface area contributed by atoms with E-state index in [0.717, 1.165) is 28.1 Å². The molecule has 0 radical (unpaired) electrons. The second kappa shape index (κ2) is 12.5. The number of amides is 2. The number of hydrogen-bond acceptors (Lipinski definition) is 5. The maximum absolute atomic E-state index is 15.2. The molecule has 0 fully saturated rings. The van der Waals surface area contributed by atoms with Crippen molar-refractivity contribution in [1.82, 2.24) is 15.6 Å². The number of ether oxygens (including phenoxy) is 1. The van der Waals surface area contributed by atoms with E-state index < -0.39 is 48.4 Å². The van der Waals surface area contributed by atoms with Gasteiger partial charge in [0.1, 0.15) is 0 Å². The fourth-order valence-corrected chi connectivity index (χ4v) is 4.69. The van der Waals surface area contributed by atoms with E-state index in [1.54, 1.807) is 31.3 Å². The van der Waals surface area contributed by atoms with E-state index in [4.69, 9.17) is 4.74 Å². The maximum Gasteiger partial charge on any atom is 0.308 e. The summed E-state index contributed by atoms with van der Waals surface area (Å²) < 4.78 is 35.1. The van der Waals surface area contributed by atoms with E-state index in [0.29, 0.717) is 11.1 Å². The number of hydrogen-bond donors (Lipinski definition) is 2. The van der Waals surface area contributed by atoms with Gasteiger partial charge >= 0.3 is 5.97 Å². The first-order valence-corrected chi connectivity index (χ1v) is 12.8. The summed E-state index contributed by atoms with van der Waals surface area (Å²) in [5.41, 5.74) is 3.39. The predicted molar refractivity (Wildman–Crippen MR) is 147 cm³/mol. The van der Waals surface area contributed by atoms with Crippen LogP contribution in [0.15, 0.2) is 66.9 Å². The first kappa shape index (κ1) is 28.4. The number of rotatable bonds is 9. The zero-order valence-corrected chi connectivity index (χ0v) is 22.4. The quantitative estimate of drug-likeness (QED) is 0.277. The number of aryl methyl sites for hydroxylation is 2. The van der Waals surface area contributed by atoms with E-state index in [1.807, 2.05) is 44.2 Å². The van der Waals surface area contributed by atoms with Crippen LogP contribution < -0.4 is 10.6 Å². The van der Waals surface area contributed by atoms with Crippen LogP contribution in [0.4, 0.5) is 8.78 Å². The number of esters is 1. The molecule has 40 heavy (non-hydrogen) atoms. The van der Waals surface area contributed by atoms with Gasteiger partial charge in [0.15, 0.2) is 11.6 Å². The first-order valence-electron chi connectivity index (χ1n) is 12.8. The fraction of sp³-hybridized carbons (Fsp3) is 0.226. The molecule has 0 saturated carbocycles. The Labute approximate surface area is 230 Å². The third kappa shape index (κ3) is 6.31. The summed E-state index contributed by atoms with van der Waals surface area (Å²) in [7, 11) is 0. The Morgan fingerprint density at radius 1 is 0.975 bits per heavy atom. The normalized spacial score (nSPS) is 11.6. The number of fused-ring (bicyclic) bond motifs is 1. The van der Waals surface area contributed by atoms with Crippen molar-refractivity contribution in [3.8, 4) is 11.1 Å². The van der Waals surface area contributed by atoms with Crippen molar-refractivity contribution in [1.29, 1.82) is 0 Å². The second-order valence-electron chi connectivity index (χ2n) is 9.32. The Morgan fingerprint density at radius 2 is 1.68 bits per heavy atom. The Kier molecular flexibility index (Phi) is 8.83. The van der Waals surface area contributed by atoms with E-state index in [1.165, 1.54) is 6.07 Å². The van der Waals surface area contributed by atoms with Gasteiger partial charge in [0.05, 0.1) is 36.7 Å². The highest BCUT2D eigenvalue weighted by Gasteiger charge is 2.26. The van der Waals surface area contributed by atoms with Gasteiger partial charge in [0.25, 0.3) is 5.91 Å². The standard InChI is InChI=1S/C31H29F2N3O4/c1-4-40-27(38)16-25(23-14-21(15-24(32)29(23)33)28-18(2)8-5-9-19(28)3)36-26(37)17-35-31(39)22-12-6-10-20-11-7-13-34-30(20)22/h5-15,25H,4,16-17H2,1-3H3,(H,35,39)(H,36,37)/t25-/m0/s1. The van der Waals surface area contributed by atoms with Crippen molar-refractivity contribution in [2.75, 3.05) is 13.2 Å². The maximum atomic E-state index is 15.2. The average molecular weight is 546 g/mol. The van der Waals surface area contributed by atoms with Gasteiger partial charge in [0, 0.05) is 17.1 Å². The van der Waals surface area contributed by atoms with Crippen LogP contribution in [0.2, 0.25) is 0 Å². The van der Waals surface area contributed by atoms with Gasteiger partial charge in [-0.25, -0.2) is 8.78 Å². The van der Waals surface area contributed by atoms with Gasteiger partial charge in [-0.05, 0) is 67.3 Å². The molecule has 9 heteroatoms. The minimum absolute atomic E-state index is 0.0773. The minimum atomic E-state index is -1.25. The number of para-hydroxylation sites is 1. The minimum Gasteiger partial charge on any atom is -0.466 e. The Morgan fingerprint density at radius 3 is 2.40 bits per heavy atom. The molecule has 4 aromatic rings. The zero-order valence-electron chi connectivity index (χ0n) is 22.4. The van der Waals surface area contributed by atoms with Gasteiger partial charge in [0.2, 0.25) is 5.91 Å². The lowest BCUT2D eigenvalue weighted by Crippen LogP contribution is -2.39. The Balaban J connectivity index is 1.60. The summed E-state index contributed by atoms with van der Waals surface area (Å²) >= 11 is 0. The van der Waals surface area contributed by atoms with Crippen LogP contribution in [0.25, 0.3) is 22.0 Å². The number of carbonyl (C=O) groups is 3. The molecular formula is C31H29F2N3O4. The number of pyridine rings is 1. The summed E-state index contributed by atoms with van der Waals surface area (Å²) in [5.74, 6) is -4.23. The molecule has 7 nitrogen and oxygen atoms in total. The van der Waals surface area contributed by atoms with Crippen LogP contribution in [-0.2, 0) is 14.3 Å². The number of aromatic nitrogens is 1. The van der Waals surface area contributed by atoms with Crippen LogP contribution in [0.3, 0.4) is 0 Å². The molecule has 0 bridgehead atoms. The van der Waals surface area contributed by atoms with E-state index in [2.05, 4.69) is 15.6 Å². The summed E-state index contributed by atoms with van der Waals surface area (Å²) in [6, 6.07) is 15.5. The highest BCUT2D eigenvalue weighted by Crippen LogP contribution is 2.33. The van der Waals surface area contributed by atoms with Gasteiger partial charge in [-0.2, -0.15) is 0 Å². The summed E-state index contributed by atoms with van der Waals surface area (Å²) in [5, 5.41) is 5.85. The van der Waals surface area contributed by atoms with E-state index in [9.17, 15) is 18.8 Å². The Bertz CT molecular complexity index is 1560. The molecule has 0 aliphatic carbocycles. The molecule has 2 N–H and O–H groups in total. The lowest BCUT2D eigenvalue weighted by molar-refractivity contribution is -0.143. The van der Waals surface area contributed by atoms with Crippen LogP contribution in [0, 0.1) is 25.5 Å². The van der Waals surface area contributed by atoms with Crippen LogP contribution in [0.1, 0.15) is 46.4 Å². The molecule has 0 aliphatic heterocycles. The number of halogens is 2. The molecule has 1 atom stereocenters. The van der Waals surface area contributed by atoms with Crippen molar-refractivity contribution >= 4 is 28.7 Å². The first-order chi connectivity index (χ1) is 19.2. The molecule has 3 aromatic carbocycles. The van der Waals surface area contributed by atoms with Gasteiger partial charge in [-0.15, -0.1) is 0 Å². The molecule has 0 saturated heterocycles. The van der Waals surface area contributed by atoms with Crippen molar-refractivity contribution < 1.29 is 27.9 Å². The smallest absolute Gasteiger partial charge is 0.308 e. The molecule has 1 heterocycles. The molecule has 0 spiro atoms. The molecule has 206 valence electrons. The van der Waals surface area contributed by atoms with Crippen molar-refractivity contribution in [2.45, 2.75) is 33.2 Å². The predicted octanol–water partition coefficient (Wildman–Crippen LogP) is 5.34.